The summed E-state index contributed by atoms with van der Waals surface area (Å²) in [6, 6.07) is 7.40. The summed E-state index contributed by atoms with van der Waals surface area (Å²) in [5.74, 6) is 0.890. The molecule has 8 heteroatoms. The molecule has 1 amide bonds. The molecule has 7 nitrogen and oxygen atoms in total. The minimum Gasteiger partial charge on any atom is -0.493 e. The minimum atomic E-state index is -0.343. The molecule has 0 spiro atoms. The molecular weight excluding hydrogens is 390 g/mol. The van der Waals surface area contributed by atoms with E-state index in [9.17, 15) is 4.79 Å². The molecule has 2 aromatic carbocycles. The van der Waals surface area contributed by atoms with Crippen molar-refractivity contribution < 1.29 is 19.0 Å². The van der Waals surface area contributed by atoms with Crippen molar-refractivity contribution >= 4 is 22.4 Å². The molecule has 3 rings (SSSR count). The molecule has 0 fully saturated rings. The van der Waals surface area contributed by atoms with Gasteiger partial charge in [0.15, 0.2) is 11.5 Å². The quantitative estimate of drug-likeness (QED) is 0.645. The first-order valence-electron chi connectivity index (χ1n) is 8.91. The number of rotatable bonds is 6. The van der Waals surface area contributed by atoms with Crippen molar-refractivity contribution in [1.29, 1.82) is 0 Å². The molecule has 0 saturated carbocycles. The number of methoxy groups -OCH3 is 3. The number of carbonyl (C=O) groups excluding carboxylic acids is 1. The number of ether oxygens (including phenoxy) is 3. The van der Waals surface area contributed by atoms with Crippen LogP contribution in [0.5, 0.6) is 17.2 Å². The minimum absolute atomic E-state index is 0.343. The lowest BCUT2D eigenvalue weighted by Gasteiger charge is -2.13. The Hall–Kier alpha value is -3.13. The molecule has 0 aliphatic rings. The summed E-state index contributed by atoms with van der Waals surface area (Å²) >= 11 is 1.33. The Morgan fingerprint density at radius 3 is 2.00 bits per heavy atom. The van der Waals surface area contributed by atoms with E-state index in [2.05, 4.69) is 34.6 Å². The molecule has 1 aromatic heterocycles. The number of amides is 1. The van der Waals surface area contributed by atoms with Crippen LogP contribution < -0.4 is 19.5 Å². The molecule has 1 N–H and O–H groups in total. The maximum atomic E-state index is 12.8. The second-order valence-corrected chi connectivity index (χ2v) is 7.53. The van der Waals surface area contributed by atoms with Gasteiger partial charge in [-0.1, -0.05) is 29.0 Å². The normalized spacial score (nSPS) is 10.6. The Bertz CT molecular complexity index is 1010. The van der Waals surface area contributed by atoms with Crippen LogP contribution in [0.2, 0.25) is 0 Å². The van der Waals surface area contributed by atoms with Crippen molar-refractivity contribution in [2.75, 3.05) is 26.6 Å². The molecule has 152 valence electrons. The first-order chi connectivity index (χ1) is 13.9. The van der Waals surface area contributed by atoms with E-state index in [1.165, 1.54) is 38.2 Å². The second kappa shape index (κ2) is 8.48. The van der Waals surface area contributed by atoms with Crippen molar-refractivity contribution in [1.82, 2.24) is 10.2 Å². The highest BCUT2D eigenvalue weighted by molar-refractivity contribution is 7.18. The molecule has 29 heavy (non-hydrogen) atoms. The van der Waals surface area contributed by atoms with E-state index >= 15 is 0 Å². The van der Waals surface area contributed by atoms with Gasteiger partial charge in [0.1, 0.15) is 5.01 Å². The van der Waals surface area contributed by atoms with E-state index in [-0.39, 0.29) is 5.91 Å². The topological polar surface area (TPSA) is 82.6 Å². The third kappa shape index (κ3) is 4.17. The first kappa shape index (κ1) is 20.6. The lowest BCUT2D eigenvalue weighted by atomic mass is 10.0. The van der Waals surface area contributed by atoms with E-state index in [0.717, 1.165) is 21.7 Å². The predicted molar refractivity (Wildman–Crippen MR) is 114 cm³/mol. The number of hydrogen-bond donors (Lipinski definition) is 1. The molecule has 3 aromatic rings. The Morgan fingerprint density at radius 1 is 0.897 bits per heavy atom. The van der Waals surface area contributed by atoms with Crippen LogP contribution in [0.3, 0.4) is 0 Å². The van der Waals surface area contributed by atoms with Gasteiger partial charge in [-0.2, -0.15) is 0 Å². The third-order valence-corrected chi connectivity index (χ3v) is 5.32. The molecule has 0 radical (unpaired) electrons. The van der Waals surface area contributed by atoms with Gasteiger partial charge in [-0.05, 0) is 44.0 Å². The van der Waals surface area contributed by atoms with Crippen LogP contribution in [0.25, 0.3) is 10.6 Å². The summed E-state index contributed by atoms with van der Waals surface area (Å²) in [4.78, 5) is 12.8. The van der Waals surface area contributed by atoms with E-state index in [1.54, 1.807) is 12.1 Å². The van der Waals surface area contributed by atoms with Crippen LogP contribution in [0.4, 0.5) is 5.13 Å². The Morgan fingerprint density at radius 2 is 1.48 bits per heavy atom. The SMILES string of the molecule is COc1cc(C(=O)Nc2nnc(-c3c(C)cc(C)cc3C)s2)cc(OC)c1OC. The van der Waals surface area contributed by atoms with Crippen molar-refractivity contribution in [2.45, 2.75) is 20.8 Å². The molecule has 0 atom stereocenters. The van der Waals surface area contributed by atoms with Gasteiger partial charge in [0.25, 0.3) is 5.91 Å². The highest BCUT2D eigenvalue weighted by atomic mass is 32.1. The lowest BCUT2D eigenvalue weighted by molar-refractivity contribution is 0.102. The molecule has 0 aliphatic heterocycles. The summed E-state index contributed by atoms with van der Waals surface area (Å²) in [5.41, 5.74) is 4.85. The number of aryl methyl sites for hydroxylation is 3. The van der Waals surface area contributed by atoms with Gasteiger partial charge in [0, 0.05) is 11.1 Å². The lowest BCUT2D eigenvalue weighted by Crippen LogP contribution is -2.12. The second-order valence-electron chi connectivity index (χ2n) is 6.55. The van der Waals surface area contributed by atoms with Crippen LogP contribution in [-0.4, -0.2) is 37.4 Å². The maximum absolute atomic E-state index is 12.8. The zero-order valence-corrected chi connectivity index (χ0v) is 18.1. The van der Waals surface area contributed by atoms with E-state index in [0.29, 0.717) is 27.9 Å². The first-order valence-corrected chi connectivity index (χ1v) is 9.72. The number of carbonyl (C=O) groups is 1. The van der Waals surface area contributed by atoms with Gasteiger partial charge in [0.2, 0.25) is 10.9 Å². The molecule has 0 saturated heterocycles. The average Bonchev–Trinajstić information content (AvgIpc) is 3.13. The Kier molecular flexibility index (Phi) is 6.03. The average molecular weight is 413 g/mol. The molecule has 1 heterocycles. The van der Waals surface area contributed by atoms with Crippen LogP contribution in [0.15, 0.2) is 24.3 Å². The summed E-state index contributed by atoms with van der Waals surface area (Å²) in [6.45, 7) is 6.16. The fourth-order valence-corrected chi connectivity index (χ4v) is 4.19. The predicted octanol–water partition coefficient (Wildman–Crippen LogP) is 4.41. The highest BCUT2D eigenvalue weighted by Gasteiger charge is 2.19. The maximum Gasteiger partial charge on any atom is 0.257 e. The van der Waals surface area contributed by atoms with E-state index in [4.69, 9.17) is 14.2 Å². The zero-order chi connectivity index (χ0) is 21.1. The van der Waals surface area contributed by atoms with Gasteiger partial charge in [-0.25, -0.2) is 0 Å². The van der Waals surface area contributed by atoms with Gasteiger partial charge >= 0.3 is 0 Å². The molecule has 0 aliphatic carbocycles. The van der Waals surface area contributed by atoms with E-state index in [1.807, 2.05) is 13.8 Å². The smallest absolute Gasteiger partial charge is 0.257 e. The number of nitrogens with one attached hydrogen (secondary N) is 1. The number of benzene rings is 2. The number of aromatic nitrogens is 2. The number of nitrogens with zero attached hydrogens (tertiary/aromatic N) is 2. The summed E-state index contributed by atoms with van der Waals surface area (Å²) in [6.07, 6.45) is 0. The van der Waals surface area contributed by atoms with Crippen molar-refractivity contribution in [3.8, 4) is 27.8 Å². The van der Waals surface area contributed by atoms with Crippen LogP contribution in [-0.2, 0) is 0 Å². The highest BCUT2D eigenvalue weighted by Crippen LogP contribution is 2.38. The van der Waals surface area contributed by atoms with Crippen molar-refractivity contribution in [2.24, 2.45) is 0 Å². The van der Waals surface area contributed by atoms with Crippen molar-refractivity contribution in [3.05, 3.63) is 46.5 Å². The van der Waals surface area contributed by atoms with Gasteiger partial charge in [0.05, 0.1) is 21.3 Å². The van der Waals surface area contributed by atoms with Crippen LogP contribution >= 0.6 is 11.3 Å². The van der Waals surface area contributed by atoms with Gasteiger partial charge in [-0.15, -0.1) is 10.2 Å². The van der Waals surface area contributed by atoms with E-state index < -0.39 is 0 Å². The van der Waals surface area contributed by atoms with Crippen LogP contribution in [0.1, 0.15) is 27.0 Å². The Balaban J connectivity index is 1.88. The third-order valence-electron chi connectivity index (χ3n) is 4.46. The van der Waals surface area contributed by atoms with Gasteiger partial charge < -0.3 is 14.2 Å². The zero-order valence-electron chi connectivity index (χ0n) is 17.2. The monoisotopic (exact) mass is 413 g/mol. The van der Waals surface area contributed by atoms with Crippen molar-refractivity contribution in [3.63, 3.8) is 0 Å². The molecular formula is C21H23N3O4S. The van der Waals surface area contributed by atoms with Crippen LogP contribution in [0, 0.1) is 20.8 Å². The number of anilines is 1. The number of hydrogen-bond acceptors (Lipinski definition) is 7. The standard InChI is InChI=1S/C21H23N3O4S/c1-11-7-12(2)17(13(3)8-11)20-23-24-21(29-20)22-19(25)14-9-15(26-4)18(28-6)16(10-14)27-5/h7-10H,1-6H3,(H,22,24,25). The summed E-state index contributed by atoms with van der Waals surface area (Å²) in [5, 5.41) is 12.4. The van der Waals surface area contributed by atoms with Gasteiger partial charge in [-0.3, -0.25) is 10.1 Å². The fourth-order valence-electron chi connectivity index (χ4n) is 3.27. The summed E-state index contributed by atoms with van der Waals surface area (Å²) in [7, 11) is 4.52. The summed E-state index contributed by atoms with van der Waals surface area (Å²) < 4.78 is 15.9. The molecule has 0 bridgehead atoms. The molecule has 0 unspecified atom stereocenters. The largest absolute Gasteiger partial charge is 0.493 e. The fraction of sp³-hybridized carbons (Fsp3) is 0.286. The Labute approximate surface area is 173 Å².